The topological polar surface area (TPSA) is 115 Å². The molecule has 0 saturated carbocycles. The van der Waals surface area contributed by atoms with Gasteiger partial charge in [-0.05, 0) is 49.7 Å². The van der Waals surface area contributed by atoms with Crippen molar-refractivity contribution in [1.82, 2.24) is 10.9 Å². The Hall–Kier alpha value is -3.28. The second-order valence-corrected chi connectivity index (χ2v) is 6.41. The van der Waals surface area contributed by atoms with E-state index >= 15 is 0 Å². The summed E-state index contributed by atoms with van der Waals surface area (Å²) in [6.07, 6.45) is -1.09. The lowest BCUT2D eigenvalue weighted by atomic mass is 10.1. The maximum atomic E-state index is 12.4. The fourth-order valence-electron chi connectivity index (χ4n) is 2.37. The van der Waals surface area contributed by atoms with E-state index in [-0.39, 0.29) is 22.0 Å². The highest BCUT2D eigenvalue weighted by Crippen LogP contribution is 2.33. The van der Waals surface area contributed by atoms with Gasteiger partial charge in [0.2, 0.25) is 5.69 Å². The third-order valence-electron chi connectivity index (χ3n) is 3.99. The van der Waals surface area contributed by atoms with E-state index in [1.54, 1.807) is 13.0 Å². The van der Waals surface area contributed by atoms with Crippen molar-refractivity contribution >= 4 is 34.8 Å². The molecule has 9 heteroatoms. The number of amides is 2. The SMILES string of the molecule is [C-]#[N+]c1ccc(N[C@@H](C(=O)NNC(=O)c2ccc(O)cc2)[C@H](C)O)c(C)c1Cl. The predicted molar refractivity (Wildman–Crippen MR) is 105 cm³/mol. The number of aliphatic hydroxyl groups is 1. The number of carbonyl (C=O) groups is 2. The summed E-state index contributed by atoms with van der Waals surface area (Å²) in [7, 11) is 0. The number of aliphatic hydroxyl groups excluding tert-OH is 1. The van der Waals surface area contributed by atoms with Crippen LogP contribution >= 0.6 is 11.6 Å². The number of phenolic OH excluding ortho intramolecular Hbond substituents is 1. The quantitative estimate of drug-likeness (QED) is 0.389. The third kappa shape index (κ3) is 4.91. The minimum Gasteiger partial charge on any atom is -0.508 e. The van der Waals surface area contributed by atoms with Crippen LogP contribution in [0.5, 0.6) is 5.75 Å². The zero-order valence-electron chi connectivity index (χ0n) is 15.2. The number of halogens is 1. The minimum absolute atomic E-state index is 0.0113. The smallest absolute Gasteiger partial charge is 0.269 e. The second-order valence-electron chi connectivity index (χ2n) is 6.04. The van der Waals surface area contributed by atoms with E-state index in [1.165, 1.54) is 37.3 Å². The number of anilines is 1. The number of hydrogen-bond donors (Lipinski definition) is 5. The number of aromatic hydroxyl groups is 1. The molecule has 0 heterocycles. The van der Waals surface area contributed by atoms with Gasteiger partial charge >= 0.3 is 0 Å². The highest BCUT2D eigenvalue weighted by atomic mass is 35.5. The Morgan fingerprint density at radius 1 is 1.14 bits per heavy atom. The van der Waals surface area contributed by atoms with Gasteiger partial charge in [-0.25, -0.2) is 4.85 Å². The molecule has 0 aliphatic rings. The summed E-state index contributed by atoms with van der Waals surface area (Å²) in [6, 6.07) is 7.48. The molecule has 146 valence electrons. The third-order valence-corrected chi connectivity index (χ3v) is 4.47. The first-order chi connectivity index (χ1) is 13.2. The standard InChI is InChI=1S/C19H19ClN4O4/c1-10-14(8-9-15(21-3)16(10)20)22-17(11(2)25)19(28)24-23-18(27)12-4-6-13(26)7-5-12/h4-9,11,17,22,25-26H,1-2H3,(H,23,27)(H,24,28)/t11-,17+/m0/s1. The van der Waals surface area contributed by atoms with Gasteiger partial charge < -0.3 is 15.5 Å². The highest BCUT2D eigenvalue weighted by molar-refractivity contribution is 6.34. The molecule has 0 saturated heterocycles. The van der Waals surface area contributed by atoms with E-state index in [9.17, 15) is 19.8 Å². The molecule has 5 N–H and O–H groups in total. The number of hydrazine groups is 1. The predicted octanol–water partition coefficient (Wildman–Crippen LogP) is 2.53. The van der Waals surface area contributed by atoms with E-state index in [0.29, 0.717) is 11.3 Å². The van der Waals surface area contributed by atoms with Gasteiger partial charge in [0.25, 0.3) is 11.8 Å². The van der Waals surface area contributed by atoms with Crippen LogP contribution in [0, 0.1) is 13.5 Å². The fraction of sp³-hybridized carbons (Fsp3) is 0.211. The zero-order valence-corrected chi connectivity index (χ0v) is 15.9. The minimum atomic E-state index is -1.09. The lowest BCUT2D eigenvalue weighted by molar-refractivity contribution is -0.124. The van der Waals surface area contributed by atoms with Gasteiger partial charge in [-0.15, -0.1) is 0 Å². The molecule has 28 heavy (non-hydrogen) atoms. The average molecular weight is 403 g/mol. The summed E-state index contributed by atoms with van der Waals surface area (Å²) < 4.78 is 0. The Labute approximate surface area is 166 Å². The Balaban J connectivity index is 2.08. The Kier molecular flexibility index (Phi) is 6.82. The lowest BCUT2D eigenvalue weighted by Crippen LogP contribution is -2.52. The maximum Gasteiger partial charge on any atom is 0.269 e. The van der Waals surface area contributed by atoms with E-state index in [0.717, 1.165) is 0 Å². The summed E-state index contributed by atoms with van der Waals surface area (Å²) in [6.45, 7) is 10.2. The molecule has 0 aliphatic carbocycles. The van der Waals surface area contributed by atoms with Crippen LogP contribution < -0.4 is 16.2 Å². The van der Waals surface area contributed by atoms with E-state index in [2.05, 4.69) is 21.0 Å². The van der Waals surface area contributed by atoms with Gasteiger partial charge in [0, 0.05) is 11.3 Å². The van der Waals surface area contributed by atoms with Crippen molar-refractivity contribution in [2.24, 2.45) is 0 Å². The van der Waals surface area contributed by atoms with E-state index in [1.807, 2.05) is 0 Å². The molecule has 2 atom stereocenters. The first-order valence-corrected chi connectivity index (χ1v) is 8.62. The number of hydrogen-bond acceptors (Lipinski definition) is 5. The summed E-state index contributed by atoms with van der Waals surface area (Å²) in [5.74, 6) is -1.25. The van der Waals surface area contributed by atoms with Crippen molar-refractivity contribution in [2.75, 3.05) is 5.32 Å². The Morgan fingerprint density at radius 2 is 1.79 bits per heavy atom. The summed E-state index contributed by atoms with van der Waals surface area (Å²) >= 11 is 6.13. The zero-order chi connectivity index (χ0) is 20.8. The van der Waals surface area contributed by atoms with Gasteiger partial charge in [0.15, 0.2) is 0 Å². The molecule has 0 aliphatic heterocycles. The van der Waals surface area contributed by atoms with Crippen LogP contribution in [-0.2, 0) is 4.79 Å². The summed E-state index contributed by atoms with van der Waals surface area (Å²) in [4.78, 5) is 27.8. The van der Waals surface area contributed by atoms with Crippen molar-refractivity contribution in [3.63, 3.8) is 0 Å². The van der Waals surface area contributed by atoms with Crippen molar-refractivity contribution in [1.29, 1.82) is 0 Å². The Bertz CT molecular complexity index is 923. The van der Waals surface area contributed by atoms with E-state index in [4.69, 9.17) is 18.2 Å². The van der Waals surface area contributed by atoms with Crippen LogP contribution in [-0.4, -0.2) is 34.2 Å². The van der Waals surface area contributed by atoms with Crippen molar-refractivity contribution in [3.05, 3.63) is 64.0 Å². The number of nitrogens with zero attached hydrogens (tertiary/aromatic N) is 1. The maximum absolute atomic E-state index is 12.4. The molecule has 0 radical (unpaired) electrons. The highest BCUT2D eigenvalue weighted by Gasteiger charge is 2.25. The number of carbonyl (C=O) groups excluding carboxylic acids is 2. The van der Waals surface area contributed by atoms with Crippen LogP contribution in [0.15, 0.2) is 36.4 Å². The summed E-state index contributed by atoms with van der Waals surface area (Å²) in [5.41, 5.74) is 6.04. The molecule has 0 spiro atoms. The molecule has 0 unspecified atom stereocenters. The number of rotatable bonds is 5. The largest absolute Gasteiger partial charge is 0.508 e. The molecule has 2 aromatic carbocycles. The number of phenols is 1. The normalized spacial score (nSPS) is 12.4. The van der Waals surface area contributed by atoms with Gasteiger partial charge in [-0.1, -0.05) is 17.7 Å². The molecular formula is C19H19ClN4O4. The molecule has 8 nitrogen and oxygen atoms in total. The van der Waals surface area contributed by atoms with Crippen molar-refractivity contribution in [3.8, 4) is 5.75 Å². The molecule has 0 aromatic heterocycles. The van der Waals surface area contributed by atoms with E-state index < -0.39 is 24.0 Å². The Morgan fingerprint density at radius 3 is 2.36 bits per heavy atom. The monoisotopic (exact) mass is 402 g/mol. The van der Waals surface area contributed by atoms with Gasteiger partial charge in [-0.3, -0.25) is 20.4 Å². The van der Waals surface area contributed by atoms with Crippen LogP contribution in [0.25, 0.3) is 4.85 Å². The van der Waals surface area contributed by atoms with Crippen LogP contribution in [0.4, 0.5) is 11.4 Å². The molecule has 2 amide bonds. The second kappa shape index (κ2) is 9.08. The van der Waals surface area contributed by atoms with Crippen molar-refractivity contribution in [2.45, 2.75) is 26.0 Å². The molecule has 0 fully saturated rings. The van der Waals surface area contributed by atoms with Crippen LogP contribution in [0.3, 0.4) is 0 Å². The van der Waals surface area contributed by atoms with Gasteiger partial charge in [0.1, 0.15) is 11.8 Å². The van der Waals surface area contributed by atoms with Crippen molar-refractivity contribution < 1.29 is 19.8 Å². The lowest BCUT2D eigenvalue weighted by Gasteiger charge is -2.23. The average Bonchev–Trinajstić information content (AvgIpc) is 2.67. The molecular weight excluding hydrogens is 384 g/mol. The van der Waals surface area contributed by atoms with Gasteiger partial charge in [0.05, 0.1) is 17.7 Å². The fourth-order valence-corrected chi connectivity index (χ4v) is 2.57. The molecule has 0 bridgehead atoms. The number of benzene rings is 2. The van der Waals surface area contributed by atoms with Crippen LogP contribution in [0.2, 0.25) is 5.02 Å². The summed E-state index contributed by atoms with van der Waals surface area (Å²) in [5, 5.41) is 22.3. The first kappa shape index (κ1) is 21.0. The first-order valence-electron chi connectivity index (χ1n) is 8.25. The molecule has 2 rings (SSSR count). The van der Waals surface area contributed by atoms with Crippen LogP contribution in [0.1, 0.15) is 22.8 Å². The molecule has 2 aromatic rings. The van der Waals surface area contributed by atoms with Gasteiger partial charge in [-0.2, -0.15) is 0 Å². The number of nitrogens with one attached hydrogen (secondary N) is 3.